The van der Waals surface area contributed by atoms with Crippen LogP contribution in [0.2, 0.25) is 0 Å². The van der Waals surface area contributed by atoms with Crippen molar-refractivity contribution < 1.29 is 18.7 Å². The Morgan fingerprint density at radius 3 is 2.84 bits per heavy atom. The fourth-order valence-corrected chi connectivity index (χ4v) is 1.61. The Bertz CT molecular complexity index is 610. The number of phenolic OH excluding ortho intramolecular Hbond substituents is 1. The summed E-state index contributed by atoms with van der Waals surface area (Å²) in [7, 11) is 0. The predicted octanol–water partition coefficient (Wildman–Crippen LogP) is 2.32. The molecule has 19 heavy (non-hydrogen) atoms. The zero-order valence-electron chi connectivity index (χ0n) is 10.5. The Balaban J connectivity index is 2.12. The zero-order chi connectivity index (χ0) is 14.0. The molecule has 2 rings (SSSR count). The number of nitrogens with one attached hydrogen (secondary N) is 1. The molecule has 1 atom stereocenters. The van der Waals surface area contributed by atoms with Crippen molar-refractivity contribution >= 4 is 5.91 Å². The number of halogens is 1. The molecule has 1 unspecified atom stereocenters. The first-order valence-electron chi connectivity index (χ1n) is 5.69. The van der Waals surface area contributed by atoms with E-state index in [2.05, 4.69) is 10.3 Å². The van der Waals surface area contributed by atoms with Crippen LogP contribution in [0, 0.1) is 12.7 Å². The van der Waals surface area contributed by atoms with Crippen molar-refractivity contribution in [2.45, 2.75) is 19.9 Å². The molecule has 1 aromatic heterocycles. The fourth-order valence-electron chi connectivity index (χ4n) is 1.61. The predicted molar refractivity (Wildman–Crippen MR) is 65.2 cm³/mol. The standard InChI is InChI=1S/C13H13FN2O3/c1-7-6-15-13(19-7)8(2)16-12(18)10-4-3-9(14)5-11(10)17/h3-6,8,17H,1-2H3,(H,16,18). The minimum absolute atomic E-state index is 0.00321. The number of carbonyl (C=O) groups is 1. The van der Waals surface area contributed by atoms with Gasteiger partial charge in [-0.05, 0) is 26.0 Å². The summed E-state index contributed by atoms with van der Waals surface area (Å²) in [4.78, 5) is 15.9. The van der Waals surface area contributed by atoms with E-state index in [0.717, 1.165) is 12.1 Å². The molecule has 1 heterocycles. The van der Waals surface area contributed by atoms with Crippen LogP contribution < -0.4 is 5.32 Å². The van der Waals surface area contributed by atoms with E-state index in [-0.39, 0.29) is 5.56 Å². The second-order valence-corrected chi connectivity index (χ2v) is 4.17. The average Bonchev–Trinajstić information content (AvgIpc) is 2.75. The lowest BCUT2D eigenvalue weighted by atomic mass is 10.1. The van der Waals surface area contributed by atoms with E-state index < -0.39 is 23.5 Å². The summed E-state index contributed by atoms with van der Waals surface area (Å²) in [6.45, 7) is 3.45. The Morgan fingerprint density at radius 1 is 1.53 bits per heavy atom. The van der Waals surface area contributed by atoms with Crippen LogP contribution in [-0.4, -0.2) is 16.0 Å². The number of aromatic hydroxyl groups is 1. The van der Waals surface area contributed by atoms with Gasteiger partial charge in [-0.2, -0.15) is 0 Å². The minimum atomic E-state index is -0.606. The van der Waals surface area contributed by atoms with Gasteiger partial charge in [0.05, 0.1) is 11.8 Å². The molecule has 2 aromatic rings. The Morgan fingerprint density at radius 2 is 2.26 bits per heavy atom. The molecule has 0 spiro atoms. The molecular formula is C13H13FN2O3. The second-order valence-electron chi connectivity index (χ2n) is 4.17. The second kappa shape index (κ2) is 5.09. The molecule has 0 radical (unpaired) electrons. The summed E-state index contributed by atoms with van der Waals surface area (Å²) in [5.74, 6) is -0.534. The molecule has 5 nitrogen and oxygen atoms in total. The van der Waals surface area contributed by atoms with Crippen molar-refractivity contribution in [2.75, 3.05) is 0 Å². The maximum absolute atomic E-state index is 12.8. The first kappa shape index (κ1) is 13.1. The van der Waals surface area contributed by atoms with Crippen molar-refractivity contribution in [2.24, 2.45) is 0 Å². The smallest absolute Gasteiger partial charge is 0.255 e. The van der Waals surface area contributed by atoms with Crippen LogP contribution >= 0.6 is 0 Å². The van der Waals surface area contributed by atoms with E-state index in [1.807, 2.05) is 0 Å². The summed E-state index contributed by atoms with van der Waals surface area (Å²) >= 11 is 0. The topological polar surface area (TPSA) is 75.4 Å². The third-order valence-electron chi connectivity index (χ3n) is 2.56. The maximum Gasteiger partial charge on any atom is 0.255 e. The first-order valence-corrected chi connectivity index (χ1v) is 5.69. The molecule has 0 aliphatic heterocycles. The number of aromatic nitrogens is 1. The Labute approximate surface area is 109 Å². The molecule has 0 bridgehead atoms. The van der Waals surface area contributed by atoms with Crippen LogP contribution in [0.25, 0.3) is 0 Å². The fraction of sp³-hybridized carbons (Fsp3) is 0.231. The van der Waals surface area contributed by atoms with Crippen LogP contribution in [0.1, 0.15) is 35.0 Å². The number of hydrogen-bond donors (Lipinski definition) is 2. The lowest BCUT2D eigenvalue weighted by molar-refractivity contribution is 0.0931. The van der Waals surface area contributed by atoms with Gasteiger partial charge >= 0.3 is 0 Å². The lowest BCUT2D eigenvalue weighted by Gasteiger charge is -2.11. The van der Waals surface area contributed by atoms with Gasteiger partial charge in [0.1, 0.15) is 23.4 Å². The SMILES string of the molecule is Cc1cnc(C(C)NC(=O)c2ccc(F)cc2O)o1. The minimum Gasteiger partial charge on any atom is -0.507 e. The highest BCUT2D eigenvalue weighted by Crippen LogP contribution is 2.19. The molecule has 1 aromatic carbocycles. The number of aryl methyl sites for hydroxylation is 1. The summed E-state index contributed by atoms with van der Waals surface area (Å²) in [5, 5.41) is 12.1. The van der Waals surface area contributed by atoms with Gasteiger partial charge in [0.25, 0.3) is 5.91 Å². The van der Waals surface area contributed by atoms with Crippen LogP contribution in [0.15, 0.2) is 28.8 Å². The number of benzene rings is 1. The van der Waals surface area contributed by atoms with Gasteiger partial charge in [-0.25, -0.2) is 9.37 Å². The summed E-state index contributed by atoms with van der Waals surface area (Å²) in [6, 6.07) is 2.75. The van der Waals surface area contributed by atoms with Crippen LogP contribution in [-0.2, 0) is 0 Å². The molecule has 0 aliphatic rings. The highest BCUT2D eigenvalue weighted by molar-refractivity contribution is 5.96. The first-order chi connectivity index (χ1) is 8.97. The molecule has 0 fully saturated rings. The number of nitrogens with zero attached hydrogens (tertiary/aromatic N) is 1. The zero-order valence-corrected chi connectivity index (χ0v) is 10.5. The summed E-state index contributed by atoms with van der Waals surface area (Å²) in [6.07, 6.45) is 1.55. The molecular weight excluding hydrogens is 251 g/mol. The third-order valence-corrected chi connectivity index (χ3v) is 2.56. The van der Waals surface area contributed by atoms with Crippen LogP contribution in [0.5, 0.6) is 5.75 Å². The van der Waals surface area contributed by atoms with E-state index in [1.54, 1.807) is 20.0 Å². The molecule has 6 heteroatoms. The quantitative estimate of drug-likeness (QED) is 0.892. The number of carbonyl (C=O) groups excluding carboxylic acids is 1. The molecule has 100 valence electrons. The number of rotatable bonds is 3. The maximum atomic E-state index is 12.8. The normalized spacial score (nSPS) is 12.2. The number of hydrogen-bond acceptors (Lipinski definition) is 4. The van der Waals surface area contributed by atoms with Crippen molar-refractivity contribution in [1.82, 2.24) is 10.3 Å². The summed E-state index contributed by atoms with van der Waals surface area (Å²) in [5.41, 5.74) is -0.00321. The number of oxazole rings is 1. The highest BCUT2D eigenvalue weighted by atomic mass is 19.1. The highest BCUT2D eigenvalue weighted by Gasteiger charge is 2.18. The van der Waals surface area contributed by atoms with Crippen molar-refractivity contribution in [3.8, 4) is 5.75 Å². The van der Waals surface area contributed by atoms with Crippen molar-refractivity contribution in [3.05, 3.63) is 47.4 Å². The van der Waals surface area contributed by atoms with Crippen molar-refractivity contribution in [1.29, 1.82) is 0 Å². The van der Waals surface area contributed by atoms with Crippen molar-refractivity contribution in [3.63, 3.8) is 0 Å². The average molecular weight is 264 g/mol. The monoisotopic (exact) mass is 264 g/mol. The molecule has 1 amide bonds. The number of amides is 1. The van der Waals surface area contributed by atoms with Gasteiger partial charge < -0.3 is 14.8 Å². The summed E-state index contributed by atoms with van der Waals surface area (Å²) < 4.78 is 18.1. The molecule has 2 N–H and O–H groups in total. The van der Waals surface area contributed by atoms with Gasteiger partial charge in [0, 0.05) is 6.07 Å². The van der Waals surface area contributed by atoms with E-state index >= 15 is 0 Å². The van der Waals surface area contributed by atoms with Gasteiger partial charge in [-0.3, -0.25) is 4.79 Å². The lowest BCUT2D eigenvalue weighted by Crippen LogP contribution is -2.26. The molecule has 0 saturated heterocycles. The van der Waals surface area contributed by atoms with E-state index in [9.17, 15) is 14.3 Å². The van der Waals surface area contributed by atoms with Crippen LogP contribution in [0.4, 0.5) is 4.39 Å². The van der Waals surface area contributed by atoms with E-state index in [0.29, 0.717) is 11.7 Å². The van der Waals surface area contributed by atoms with Gasteiger partial charge in [0.2, 0.25) is 5.89 Å². The third kappa shape index (κ3) is 2.90. The van der Waals surface area contributed by atoms with Gasteiger partial charge in [-0.15, -0.1) is 0 Å². The Hall–Kier alpha value is -2.37. The van der Waals surface area contributed by atoms with E-state index in [1.165, 1.54) is 6.07 Å². The van der Waals surface area contributed by atoms with E-state index in [4.69, 9.17) is 4.42 Å². The Kier molecular flexibility index (Phi) is 3.50. The van der Waals surface area contributed by atoms with Gasteiger partial charge in [-0.1, -0.05) is 0 Å². The number of phenols is 1. The molecule has 0 saturated carbocycles. The van der Waals surface area contributed by atoms with Gasteiger partial charge in [0.15, 0.2) is 0 Å². The van der Waals surface area contributed by atoms with Crippen LogP contribution in [0.3, 0.4) is 0 Å². The largest absolute Gasteiger partial charge is 0.507 e. The molecule has 0 aliphatic carbocycles.